The molecule has 4 rings (SSSR count). The molecular formula is C21H15N5O. The minimum atomic E-state index is -0.431. The molecular weight excluding hydrogens is 338 g/mol. The van der Waals surface area contributed by atoms with Gasteiger partial charge in [0.15, 0.2) is 5.69 Å². The van der Waals surface area contributed by atoms with E-state index in [0.29, 0.717) is 16.9 Å². The van der Waals surface area contributed by atoms with Crippen LogP contribution in [0.1, 0.15) is 16.2 Å². The number of hydrazone groups is 1. The van der Waals surface area contributed by atoms with Gasteiger partial charge in [-0.25, -0.2) is 15.4 Å². The third-order valence-corrected chi connectivity index (χ3v) is 3.88. The average Bonchev–Trinajstić information content (AvgIpc) is 2.74. The number of fused-ring (bicyclic) bond motifs is 1. The quantitative estimate of drug-likeness (QED) is 0.450. The lowest BCUT2D eigenvalue weighted by atomic mass is 10.1. The molecule has 0 atom stereocenters. The Morgan fingerprint density at radius 3 is 2.30 bits per heavy atom. The number of hydrogen-bond donors (Lipinski definition) is 1. The van der Waals surface area contributed by atoms with Crippen molar-refractivity contribution in [3.05, 3.63) is 90.4 Å². The molecule has 6 heteroatoms. The molecule has 0 aliphatic heterocycles. The highest BCUT2D eigenvalue weighted by molar-refractivity contribution is 6.00. The Hall–Kier alpha value is -3.93. The first-order chi connectivity index (χ1) is 13.3. The second-order valence-corrected chi connectivity index (χ2v) is 5.73. The van der Waals surface area contributed by atoms with Gasteiger partial charge < -0.3 is 0 Å². The highest BCUT2D eigenvalue weighted by Gasteiger charge is 2.17. The first kappa shape index (κ1) is 16.5. The molecule has 2 aromatic heterocycles. The number of nitrogens with one attached hydrogen (secondary N) is 1. The number of pyridine rings is 1. The van der Waals surface area contributed by atoms with Crippen molar-refractivity contribution in [2.45, 2.75) is 0 Å². The molecule has 1 N–H and O–H groups in total. The molecule has 2 heterocycles. The van der Waals surface area contributed by atoms with Crippen molar-refractivity contribution >= 4 is 23.2 Å². The fourth-order valence-corrected chi connectivity index (χ4v) is 2.62. The van der Waals surface area contributed by atoms with Gasteiger partial charge in [0, 0.05) is 11.8 Å². The Labute approximate surface area is 155 Å². The predicted molar refractivity (Wildman–Crippen MR) is 104 cm³/mol. The molecule has 0 aliphatic rings. The van der Waals surface area contributed by atoms with E-state index in [4.69, 9.17) is 0 Å². The number of benzene rings is 2. The lowest BCUT2D eigenvalue weighted by molar-refractivity contribution is 0.0951. The third kappa shape index (κ3) is 3.69. The summed E-state index contributed by atoms with van der Waals surface area (Å²) < 4.78 is 0. The Morgan fingerprint density at radius 2 is 1.56 bits per heavy atom. The van der Waals surface area contributed by atoms with Crippen molar-refractivity contribution in [1.82, 2.24) is 20.4 Å². The maximum atomic E-state index is 12.7. The molecule has 0 saturated heterocycles. The summed E-state index contributed by atoms with van der Waals surface area (Å²) in [7, 11) is 0. The molecule has 27 heavy (non-hydrogen) atoms. The first-order valence-corrected chi connectivity index (χ1v) is 8.38. The second-order valence-electron chi connectivity index (χ2n) is 5.73. The highest BCUT2D eigenvalue weighted by atomic mass is 16.2. The zero-order valence-electron chi connectivity index (χ0n) is 14.3. The fraction of sp³-hybridized carbons (Fsp3) is 0. The van der Waals surface area contributed by atoms with Gasteiger partial charge >= 0.3 is 0 Å². The van der Waals surface area contributed by atoms with Gasteiger partial charge in [-0.1, -0.05) is 48.5 Å². The Bertz CT molecular complexity index is 1110. The van der Waals surface area contributed by atoms with E-state index in [1.165, 1.54) is 6.21 Å². The van der Waals surface area contributed by atoms with Gasteiger partial charge in [-0.2, -0.15) is 5.10 Å². The molecule has 0 bridgehead atoms. The lowest BCUT2D eigenvalue weighted by Gasteiger charge is -2.09. The van der Waals surface area contributed by atoms with Crippen LogP contribution in [-0.4, -0.2) is 27.1 Å². The topological polar surface area (TPSA) is 80.1 Å². The van der Waals surface area contributed by atoms with Crippen molar-refractivity contribution in [2.24, 2.45) is 5.10 Å². The molecule has 0 unspecified atom stereocenters. The number of hydrogen-bond acceptors (Lipinski definition) is 5. The van der Waals surface area contributed by atoms with Gasteiger partial charge in [0.2, 0.25) is 0 Å². The van der Waals surface area contributed by atoms with E-state index in [-0.39, 0.29) is 5.69 Å². The summed E-state index contributed by atoms with van der Waals surface area (Å²) in [5.41, 5.74) is 6.08. The molecule has 4 aromatic rings. The summed E-state index contributed by atoms with van der Waals surface area (Å²) >= 11 is 0. The van der Waals surface area contributed by atoms with Crippen molar-refractivity contribution in [1.29, 1.82) is 0 Å². The second kappa shape index (κ2) is 7.53. The standard InChI is InChI=1S/C21H15N5O/c27-21(26-23-14-16-10-6-7-13-22-16)20-19(15-8-2-1-3-9-15)24-17-11-4-5-12-18(17)25-20/h1-14H,(H,26,27)/b23-14+. The zero-order valence-corrected chi connectivity index (χ0v) is 14.3. The smallest absolute Gasteiger partial charge is 0.265 e. The van der Waals surface area contributed by atoms with E-state index in [1.807, 2.05) is 66.7 Å². The van der Waals surface area contributed by atoms with Crippen LogP contribution in [0.4, 0.5) is 0 Å². The van der Waals surface area contributed by atoms with Crippen LogP contribution in [0.25, 0.3) is 22.3 Å². The number of rotatable bonds is 4. The molecule has 2 aromatic carbocycles. The highest BCUT2D eigenvalue weighted by Crippen LogP contribution is 2.23. The van der Waals surface area contributed by atoms with Crippen LogP contribution in [-0.2, 0) is 0 Å². The first-order valence-electron chi connectivity index (χ1n) is 8.38. The van der Waals surface area contributed by atoms with Gasteiger partial charge in [0.25, 0.3) is 5.91 Å². The molecule has 6 nitrogen and oxygen atoms in total. The summed E-state index contributed by atoms with van der Waals surface area (Å²) in [5.74, 6) is -0.431. The van der Waals surface area contributed by atoms with Gasteiger partial charge in [0.05, 0.1) is 22.9 Å². The number of amides is 1. The Balaban J connectivity index is 1.71. The van der Waals surface area contributed by atoms with Gasteiger partial charge in [0.1, 0.15) is 5.69 Å². The number of nitrogens with zero attached hydrogens (tertiary/aromatic N) is 4. The third-order valence-electron chi connectivity index (χ3n) is 3.88. The summed E-state index contributed by atoms with van der Waals surface area (Å²) in [5, 5.41) is 3.98. The van der Waals surface area contributed by atoms with E-state index >= 15 is 0 Å². The van der Waals surface area contributed by atoms with Crippen LogP contribution in [0.5, 0.6) is 0 Å². The van der Waals surface area contributed by atoms with Crippen molar-refractivity contribution < 1.29 is 4.79 Å². The van der Waals surface area contributed by atoms with Gasteiger partial charge in [-0.3, -0.25) is 9.78 Å². The summed E-state index contributed by atoms with van der Waals surface area (Å²) in [6, 6.07) is 22.4. The molecule has 0 saturated carbocycles. The maximum absolute atomic E-state index is 12.7. The van der Waals surface area contributed by atoms with Crippen molar-refractivity contribution in [3.63, 3.8) is 0 Å². The average molecular weight is 353 g/mol. The molecule has 1 amide bonds. The molecule has 0 spiro atoms. The fourth-order valence-electron chi connectivity index (χ4n) is 2.62. The van der Waals surface area contributed by atoms with Gasteiger partial charge in [-0.05, 0) is 24.3 Å². The van der Waals surface area contributed by atoms with E-state index < -0.39 is 5.91 Å². The van der Waals surface area contributed by atoms with Crippen molar-refractivity contribution in [2.75, 3.05) is 0 Å². The van der Waals surface area contributed by atoms with Gasteiger partial charge in [-0.15, -0.1) is 0 Å². The molecule has 0 radical (unpaired) electrons. The van der Waals surface area contributed by atoms with Crippen LogP contribution in [0.2, 0.25) is 0 Å². The Kier molecular flexibility index (Phi) is 4.61. The predicted octanol–water partition coefficient (Wildman–Crippen LogP) is 3.46. The van der Waals surface area contributed by atoms with Crippen molar-refractivity contribution in [3.8, 4) is 11.3 Å². The number of carbonyl (C=O) groups excluding carboxylic acids is 1. The van der Waals surface area contributed by atoms with E-state index in [1.54, 1.807) is 12.3 Å². The van der Waals surface area contributed by atoms with Crippen LogP contribution < -0.4 is 5.43 Å². The number of para-hydroxylation sites is 2. The monoisotopic (exact) mass is 353 g/mol. The lowest BCUT2D eigenvalue weighted by Crippen LogP contribution is -2.21. The summed E-state index contributed by atoms with van der Waals surface area (Å²) in [6.45, 7) is 0. The Morgan fingerprint density at radius 1 is 0.852 bits per heavy atom. The van der Waals surface area contributed by atoms with E-state index in [9.17, 15) is 4.79 Å². The summed E-state index contributed by atoms with van der Waals surface area (Å²) in [4.78, 5) is 26.0. The number of aromatic nitrogens is 3. The van der Waals surface area contributed by atoms with Crippen LogP contribution in [0, 0.1) is 0 Å². The largest absolute Gasteiger partial charge is 0.292 e. The van der Waals surface area contributed by atoms with E-state index in [0.717, 1.165) is 11.1 Å². The van der Waals surface area contributed by atoms with Crippen LogP contribution >= 0.6 is 0 Å². The molecule has 130 valence electrons. The number of carbonyl (C=O) groups is 1. The maximum Gasteiger partial charge on any atom is 0.292 e. The zero-order chi connectivity index (χ0) is 18.5. The normalized spacial score (nSPS) is 11.0. The van der Waals surface area contributed by atoms with E-state index in [2.05, 4.69) is 25.5 Å². The van der Waals surface area contributed by atoms with Crippen LogP contribution in [0.3, 0.4) is 0 Å². The summed E-state index contributed by atoms with van der Waals surface area (Å²) in [6.07, 6.45) is 3.14. The minimum Gasteiger partial charge on any atom is -0.265 e. The minimum absolute atomic E-state index is 0.220. The molecule has 0 aliphatic carbocycles. The molecule has 0 fully saturated rings. The van der Waals surface area contributed by atoms with Crippen LogP contribution in [0.15, 0.2) is 84.1 Å². The SMILES string of the molecule is O=C(N/N=C/c1ccccn1)c1nc2ccccc2nc1-c1ccccc1.